The highest BCUT2D eigenvalue weighted by molar-refractivity contribution is 7.89. The van der Waals surface area contributed by atoms with Crippen LogP contribution in [0.4, 0.5) is 0 Å². The van der Waals surface area contributed by atoms with Crippen molar-refractivity contribution in [2.45, 2.75) is 58.9 Å². The SMILES string of the molecule is COc1ccccc1C(Cn1c(=O)n(C(C)(C)C(=O)NS(C)(=O)=O)c(=O)c2c(C)c(-c3ncco3)sc21)OC(C)C. The number of benzene rings is 1. The molecule has 0 bridgehead atoms. The third-order valence-electron chi connectivity index (χ3n) is 6.50. The normalized spacial score (nSPS) is 13.1. The van der Waals surface area contributed by atoms with Gasteiger partial charge in [0.05, 0.1) is 42.5 Å². The third kappa shape index (κ3) is 5.85. The molecule has 1 amide bonds. The van der Waals surface area contributed by atoms with E-state index in [9.17, 15) is 22.8 Å². The van der Waals surface area contributed by atoms with Gasteiger partial charge in [0.15, 0.2) is 0 Å². The Hall–Kier alpha value is -3.75. The van der Waals surface area contributed by atoms with Gasteiger partial charge in [-0.15, -0.1) is 11.3 Å². The number of rotatable bonds is 10. The molecule has 0 aliphatic carbocycles. The predicted molar refractivity (Wildman–Crippen MR) is 155 cm³/mol. The van der Waals surface area contributed by atoms with E-state index in [1.165, 1.54) is 38.0 Å². The van der Waals surface area contributed by atoms with E-state index >= 15 is 0 Å². The number of hydrogen-bond acceptors (Lipinski definition) is 10. The molecule has 1 N–H and O–H groups in total. The second kappa shape index (κ2) is 11.3. The molecule has 0 radical (unpaired) electrons. The summed E-state index contributed by atoms with van der Waals surface area (Å²) >= 11 is 1.15. The van der Waals surface area contributed by atoms with Crippen molar-refractivity contribution in [2.24, 2.45) is 0 Å². The highest BCUT2D eigenvalue weighted by Gasteiger charge is 2.37. The zero-order valence-corrected chi connectivity index (χ0v) is 25.4. The first kappa shape index (κ1) is 30.2. The Morgan fingerprint density at radius 3 is 2.49 bits per heavy atom. The minimum absolute atomic E-state index is 0.0527. The molecule has 1 unspecified atom stereocenters. The van der Waals surface area contributed by atoms with E-state index < -0.39 is 38.8 Å². The van der Waals surface area contributed by atoms with Gasteiger partial charge in [-0.3, -0.25) is 18.9 Å². The molecule has 1 atom stereocenters. The first-order chi connectivity index (χ1) is 19.2. The van der Waals surface area contributed by atoms with Crippen LogP contribution < -0.4 is 20.7 Å². The summed E-state index contributed by atoms with van der Waals surface area (Å²) in [6, 6.07) is 7.24. The zero-order valence-electron chi connectivity index (χ0n) is 23.8. The van der Waals surface area contributed by atoms with Crippen LogP contribution in [0, 0.1) is 6.92 Å². The molecule has 3 aromatic heterocycles. The Morgan fingerprint density at radius 1 is 1.22 bits per heavy atom. The van der Waals surface area contributed by atoms with E-state index in [4.69, 9.17) is 13.9 Å². The Labute approximate surface area is 240 Å². The molecule has 41 heavy (non-hydrogen) atoms. The average Bonchev–Trinajstić information content (AvgIpc) is 3.52. The number of methoxy groups -OCH3 is 1. The molecule has 0 saturated heterocycles. The van der Waals surface area contributed by atoms with E-state index in [2.05, 4.69) is 4.98 Å². The van der Waals surface area contributed by atoms with Crippen LogP contribution in [0.25, 0.3) is 21.0 Å². The Balaban J connectivity index is 2.05. The topological polar surface area (TPSA) is 152 Å². The molecule has 12 nitrogen and oxygen atoms in total. The van der Waals surface area contributed by atoms with Crippen molar-refractivity contribution < 1.29 is 27.1 Å². The first-order valence-corrected chi connectivity index (χ1v) is 15.4. The van der Waals surface area contributed by atoms with Gasteiger partial charge in [0.2, 0.25) is 15.9 Å². The van der Waals surface area contributed by atoms with E-state index in [0.29, 0.717) is 26.6 Å². The molecule has 3 heterocycles. The number of nitrogens with zero attached hydrogens (tertiary/aromatic N) is 3. The van der Waals surface area contributed by atoms with Crippen LogP contribution in [-0.4, -0.2) is 47.9 Å². The lowest BCUT2D eigenvalue weighted by Gasteiger charge is -2.28. The largest absolute Gasteiger partial charge is 0.496 e. The highest BCUT2D eigenvalue weighted by atomic mass is 32.2. The molecule has 0 spiro atoms. The molecule has 0 fully saturated rings. The maximum absolute atomic E-state index is 14.2. The standard InChI is InChI=1S/C27H32N4O8S2/c1-15(2)39-19(17-10-8-9-11-18(17)37-6)14-30-24-20(16(3)21(40-24)22-28-12-13-38-22)23(32)31(26(30)34)27(4,5)25(33)29-41(7,35)36/h8-13,15,19H,14H2,1-7H3,(H,29,33). The van der Waals surface area contributed by atoms with Gasteiger partial charge in [-0.25, -0.2) is 22.8 Å². The van der Waals surface area contributed by atoms with Crippen LogP contribution >= 0.6 is 11.3 Å². The van der Waals surface area contributed by atoms with Gasteiger partial charge in [0, 0.05) is 5.56 Å². The fraction of sp³-hybridized carbons (Fsp3) is 0.407. The van der Waals surface area contributed by atoms with Crippen molar-refractivity contribution in [3.63, 3.8) is 0 Å². The molecule has 220 valence electrons. The molecule has 0 saturated carbocycles. The fourth-order valence-electron chi connectivity index (χ4n) is 4.58. The number of oxazole rings is 1. The predicted octanol–water partition coefficient (Wildman–Crippen LogP) is 3.17. The van der Waals surface area contributed by atoms with E-state index in [1.54, 1.807) is 13.0 Å². The van der Waals surface area contributed by atoms with Gasteiger partial charge >= 0.3 is 5.69 Å². The Morgan fingerprint density at radius 2 is 1.90 bits per heavy atom. The van der Waals surface area contributed by atoms with Crippen LogP contribution in [0.2, 0.25) is 0 Å². The van der Waals surface area contributed by atoms with Gasteiger partial charge in [0.1, 0.15) is 28.5 Å². The number of nitrogens with one attached hydrogen (secondary N) is 1. The summed E-state index contributed by atoms with van der Waals surface area (Å²) < 4.78 is 45.1. The maximum atomic E-state index is 14.2. The number of fused-ring (bicyclic) bond motifs is 1. The number of ether oxygens (including phenoxy) is 2. The number of carbonyl (C=O) groups is 1. The van der Waals surface area contributed by atoms with Gasteiger partial charge in [-0.05, 0) is 46.2 Å². The number of para-hydroxylation sites is 1. The van der Waals surface area contributed by atoms with Crippen LogP contribution in [0.15, 0.2) is 50.7 Å². The third-order valence-corrected chi connectivity index (χ3v) is 8.36. The molecule has 1 aromatic carbocycles. The van der Waals surface area contributed by atoms with E-state index in [0.717, 1.165) is 22.2 Å². The summed E-state index contributed by atoms with van der Waals surface area (Å²) in [4.78, 5) is 46.4. The highest BCUT2D eigenvalue weighted by Crippen LogP contribution is 2.37. The van der Waals surface area contributed by atoms with Gasteiger partial charge in [-0.1, -0.05) is 18.2 Å². The van der Waals surface area contributed by atoms with Crippen molar-refractivity contribution in [1.82, 2.24) is 18.8 Å². The summed E-state index contributed by atoms with van der Waals surface area (Å²) in [6.45, 7) is 7.98. The number of hydrogen-bond donors (Lipinski definition) is 1. The molecule has 4 aromatic rings. The number of sulfonamides is 1. The second-order valence-electron chi connectivity index (χ2n) is 10.3. The summed E-state index contributed by atoms with van der Waals surface area (Å²) in [5.74, 6) is -0.223. The molecule has 14 heteroatoms. The minimum atomic E-state index is -3.98. The molecule has 0 aliphatic rings. The van der Waals surface area contributed by atoms with Crippen LogP contribution in [-0.2, 0) is 31.6 Å². The van der Waals surface area contributed by atoms with Crippen LogP contribution in [0.5, 0.6) is 5.75 Å². The Kier molecular flexibility index (Phi) is 8.30. The Bertz CT molecular complexity index is 1820. The van der Waals surface area contributed by atoms with Crippen molar-refractivity contribution in [3.8, 4) is 16.5 Å². The summed E-state index contributed by atoms with van der Waals surface area (Å²) in [5.41, 5.74) is -2.28. The van der Waals surface area contributed by atoms with Crippen molar-refractivity contribution in [1.29, 1.82) is 0 Å². The minimum Gasteiger partial charge on any atom is -0.496 e. The summed E-state index contributed by atoms with van der Waals surface area (Å²) in [7, 11) is -2.45. The number of amides is 1. The zero-order chi connectivity index (χ0) is 30.3. The molecule has 4 rings (SSSR count). The van der Waals surface area contributed by atoms with Gasteiger partial charge in [-0.2, -0.15) is 0 Å². The number of carbonyl (C=O) groups excluding carboxylic acids is 1. The molecular formula is C27H32N4O8S2. The monoisotopic (exact) mass is 604 g/mol. The van der Waals surface area contributed by atoms with E-state index in [1.807, 2.05) is 36.8 Å². The maximum Gasteiger partial charge on any atom is 0.333 e. The van der Waals surface area contributed by atoms with Crippen molar-refractivity contribution in [2.75, 3.05) is 13.4 Å². The van der Waals surface area contributed by atoms with E-state index in [-0.39, 0.29) is 23.9 Å². The molecule has 0 aliphatic heterocycles. The number of aryl methyl sites for hydroxylation is 1. The summed E-state index contributed by atoms with van der Waals surface area (Å²) in [5, 5.41) is 0.173. The van der Waals surface area contributed by atoms with Crippen LogP contribution in [0.1, 0.15) is 44.9 Å². The van der Waals surface area contributed by atoms with Gasteiger partial charge < -0.3 is 13.9 Å². The first-order valence-electron chi connectivity index (χ1n) is 12.7. The smallest absolute Gasteiger partial charge is 0.333 e. The van der Waals surface area contributed by atoms with Crippen molar-refractivity contribution in [3.05, 3.63) is 68.7 Å². The number of thiophene rings is 1. The van der Waals surface area contributed by atoms with Crippen molar-refractivity contribution >= 4 is 37.5 Å². The fourth-order valence-corrected chi connectivity index (χ4v) is 6.40. The van der Waals surface area contributed by atoms with Crippen LogP contribution in [0.3, 0.4) is 0 Å². The lowest BCUT2D eigenvalue weighted by molar-refractivity contribution is -0.126. The average molecular weight is 605 g/mol. The van der Waals surface area contributed by atoms with Gasteiger partial charge in [0.25, 0.3) is 11.5 Å². The second-order valence-corrected chi connectivity index (χ2v) is 13.0. The molecular weight excluding hydrogens is 572 g/mol. The number of aromatic nitrogens is 3. The lowest BCUT2D eigenvalue weighted by atomic mass is 10.0. The summed E-state index contributed by atoms with van der Waals surface area (Å²) in [6.07, 6.45) is 2.75. The quantitative estimate of drug-likeness (QED) is 0.288. The lowest BCUT2D eigenvalue weighted by Crippen LogP contribution is -2.56.